The lowest BCUT2D eigenvalue weighted by Crippen LogP contribution is -2.13. The van der Waals surface area contributed by atoms with Crippen LogP contribution in [0.4, 0.5) is 5.69 Å². The smallest absolute Gasteiger partial charge is 0.224 e. The van der Waals surface area contributed by atoms with Gasteiger partial charge in [0.2, 0.25) is 5.91 Å². The van der Waals surface area contributed by atoms with E-state index in [2.05, 4.69) is 5.32 Å². The number of methoxy groups -OCH3 is 1. The maximum atomic E-state index is 12.5. The number of aryl methyl sites for hydroxylation is 2. The van der Waals surface area contributed by atoms with Crippen LogP contribution in [0.1, 0.15) is 35.2 Å². The van der Waals surface area contributed by atoms with E-state index in [1.54, 1.807) is 26.2 Å². The largest absolute Gasteiger partial charge is 0.495 e. The monoisotopic (exact) mass is 391 g/mol. The third kappa shape index (κ3) is 3.61. The number of para-hydroxylation sites is 1. The summed E-state index contributed by atoms with van der Waals surface area (Å²) in [5, 5.41) is 4.80. The standard InChI is InChI=1S/C23H21NO5/c1-13(25)17-10-15(28-14(17)2)8-9-23(26)24-19-12-21-18(11-22(19)27-3)16-6-4-5-7-20(16)29-21/h4-7,10-12H,8-9H2,1-3H3,(H,24,26). The summed E-state index contributed by atoms with van der Waals surface area (Å²) >= 11 is 0. The summed E-state index contributed by atoms with van der Waals surface area (Å²) in [7, 11) is 1.56. The number of hydrogen-bond donors (Lipinski definition) is 1. The summed E-state index contributed by atoms with van der Waals surface area (Å²) in [5.74, 6) is 1.51. The van der Waals surface area contributed by atoms with Crippen molar-refractivity contribution in [2.24, 2.45) is 0 Å². The minimum atomic E-state index is -0.183. The van der Waals surface area contributed by atoms with E-state index < -0.39 is 0 Å². The van der Waals surface area contributed by atoms with Crippen LogP contribution in [0.15, 0.2) is 51.3 Å². The molecule has 1 N–H and O–H groups in total. The third-order valence-electron chi connectivity index (χ3n) is 4.92. The van der Waals surface area contributed by atoms with Crippen molar-refractivity contribution in [3.05, 3.63) is 59.5 Å². The molecule has 0 fully saturated rings. The first-order valence-corrected chi connectivity index (χ1v) is 9.35. The number of Topliss-reactive ketones (excluding diaryl/α,β-unsaturated/α-hetero) is 1. The van der Waals surface area contributed by atoms with Gasteiger partial charge in [-0.3, -0.25) is 9.59 Å². The predicted molar refractivity (Wildman–Crippen MR) is 111 cm³/mol. The van der Waals surface area contributed by atoms with E-state index in [0.29, 0.717) is 40.5 Å². The Morgan fingerprint density at radius 2 is 1.83 bits per heavy atom. The van der Waals surface area contributed by atoms with Crippen molar-refractivity contribution >= 4 is 39.3 Å². The summed E-state index contributed by atoms with van der Waals surface area (Å²) in [5.41, 5.74) is 2.55. The van der Waals surface area contributed by atoms with Gasteiger partial charge in [-0.1, -0.05) is 18.2 Å². The van der Waals surface area contributed by atoms with Gasteiger partial charge in [0.15, 0.2) is 5.78 Å². The van der Waals surface area contributed by atoms with Gasteiger partial charge in [0.1, 0.15) is 28.4 Å². The first-order chi connectivity index (χ1) is 14.0. The number of fused-ring (bicyclic) bond motifs is 3. The van der Waals surface area contributed by atoms with Crippen molar-refractivity contribution < 1.29 is 23.2 Å². The molecule has 0 saturated heterocycles. The molecule has 0 atom stereocenters. The maximum absolute atomic E-state index is 12.5. The number of anilines is 1. The van der Waals surface area contributed by atoms with Gasteiger partial charge in [0.25, 0.3) is 0 Å². The van der Waals surface area contributed by atoms with Crippen LogP contribution >= 0.6 is 0 Å². The zero-order valence-electron chi connectivity index (χ0n) is 16.5. The molecule has 0 aliphatic heterocycles. The molecule has 0 aliphatic rings. The number of furan rings is 2. The molecule has 4 rings (SSSR count). The van der Waals surface area contributed by atoms with Crippen LogP contribution in [0.5, 0.6) is 5.75 Å². The highest BCUT2D eigenvalue weighted by atomic mass is 16.5. The fraction of sp³-hybridized carbons (Fsp3) is 0.217. The lowest BCUT2D eigenvalue weighted by atomic mass is 10.1. The Bertz CT molecular complexity index is 1230. The Balaban J connectivity index is 1.53. The second-order valence-electron chi connectivity index (χ2n) is 6.93. The molecule has 0 saturated carbocycles. The van der Waals surface area contributed by atoms with Crippen molar-refractivity contribution in [1.82, 2.24) is 0 Å². The van der Waals surface area contributed by atoms with Crippen molar-refractivity contribution in [3.63, 3.8) is 0 Å². The summed E-state index contributed by atoms with van der Waals surface area (Å²) in [6.45, 7) is 3.24. The molecule has 0 radical (unpaired) electrons. The van der Waals surface area contributed by atoms with Crippen LogP contribution in [-0.2, 0) is 11.2 Å². The topological polar surface area (TPSA) is 81.7 Å². The molecule has 4 aromatic rings. The molecule has 2 heterocycles. The van der Waals surface area contributed by atoms with Crippen molar-refractivity contribution in [2.45, 2.75) is 26.7 Å². The fourth-order valence-electron chi connectivity index (χ4n) is 3.48. The van der Waals surface area contributed by atoms with E-state index in [9.17, 15) is 9.59 Å². The average Bonchev–Trinajstić information content (AvgIpc) is 3.25. The molecule has 0 bridgehead atoms. The molecule has 2 aromatic carbocycles. The first-order valence-electron chi connectivity index (χ1n) is 9.35. The molecule has 148 valence electrons. The number of hydrogen-bond acceptors (Lipinski definition) is 5. The Hall–Kier alpha value is -3.54. The zero-order valence-corrected chi connectivity index (χ0v) is 16.5. The lowest BCUT2D eigenvalue weighted by molar-refractivity contribution is -0.116. The maximum Gasteiger partial charge on any atom is 0.224 e. The molecule has 6 nitrogen and oxygen atoms in total. The first kappa shape index (κ1) is 18.8. The van der Waals surface area contributed by atoms with Gasteiger partial charge in [-0.15, -0.1) is 0 Å². The second-order valence-corrected chi connectivity index (χ2v) is 6.93. The van der Waals surface area contributed by atoms with Crippen LogP contribution < -0.4 is 10.1 Å². The molecule has 6 heteroatoms. The van der Waals surface area contributed by atoms with Gasteiger partial charge in [-0.05, 0) is 32.0 Å². The van der Waals surface area contributed by atoms with Gasteiger partial charge in [0, 0.05) is 29.7 Å². The highest BCUT2D eigenvalue weighted by Crippen LogP contribution is 2.36. The summed E-state index contributed by atoms with van der Waals surface area (Å²) in [4.78, 5) is 24.0. The molecule has 29 heavy (non-hydrogen) atoms. The molecule has 2 aromatic heterocycles. The number of benzene rings is 2. The van der Waals surface area contributed by atoms with Gasteiger partial charge in [-0.25, -0.2) is 0 Å². The van der Waals surface area contributed by atoms with Crippen LogP contribution in [-0.4, -0.2) is 18.8 Å². The SMILES string of the molecule is COc1cc2c(cc1NC(=O)CCc1cc(C(C)=O)c(C)o1)oc1ccccc12. The Labute approximate surface area is 167 Å². The average molecular weight is 391 g/mol. The number of carbonyl (C=O) groups is 2. The molecule has 0 aliphatic carbocycles. The number of ether oxygens (including phenoxy) is 1. The van der Waals surface area contributed by atoms with Crippen molar-refractivity contribution in [2.75, 3.05) is 12.4 Å². The highest BCUT2D eigenvalue weighted by molar-refractivity contribution is 6.07. The number of nitrogens with one attached hydrogen (secondary N) is 1. The van der Waals surface area contributed by atoms with Gasteiger partial charge in [-0.2, -0.15) is 0 Å². The van der Waals surface area contributed by atoms with Crippen molar-refractivity contribution in [1.29, 1.82) is 0 Å². The molecule has 0 unspecified atom stereocenters. The van der Waals surface area contributed by atoms with Gasteiger partial charge >= 0.3 is 0 Å². The van der Waals surface area contributed by atoms with Crippen LogP contribution in [0, 0.1) is 6.92 Å². The molecular formula is C23H21NO5. The second kappa shape index (κ2) is 7.47. The summed E-state index contributed by atoms with van der Waals surface area (Å²) in [6.07, 6.45) is 0.612. The van der Waals surface area contributed by atoms with E-state index in [0.717, 1.165) is 16.4 Å². The van der Waals surface area contributed by atoms with Gasteiger partial charge in [0.05, 0.1) is 18.4 Å². The van der Waals surface area contributed by atoms with Crippen LogP contribution in [0.2, 0.25) is 0 Å². The minimum absolute atomic E-state index is 0.0502. The predicted octanol–water partition coefficient (Wildman–Crippen LogP) is 5.27. The highest BCUT2D eigenvalue weighted by Gasteiger charge is 2.16. The van der Waals surface area contributed by atoms with E-state index in [1.165, 1.54) is 6.92 Å². The van der Waals surface area contributed by atoms with Crippen LogP contribution in [0.25, 0.3) is 21.9 Å². The number of rotatable bonds is 6. The lowest BCUT2D eigenvalue weighted by Gasteiger charge is -2.10. The van der Waals surface area contributed by atoms with E-state index in [-0.39, 0.29) is 18.1 Å². The van der Waals surface area contributed by atoms with E-state index in [1.807, 2.05) is 30.3 Å². The number of amides is 1. The fourth-order valence-corrected chi connectivity index (χ4v) is 3.48. The van der Waals surface area contributed by atoms with E-state index in [4.69, 9.17) is 13.6 Å². The van der Waals surface area contributed by atoms with Gasteiger partial charge < -0.3 is 18.9 Å². The van der Waals surface area contributed by atoms with Crippen molar-refractivity contribution in [3.8, 4) is 5.75 Å². The van der Waals surface area contributed by atoms with E-state index >= 15 is 0 Å². The number of ketones is 1. The Morgan fingerprint density at radius 3 is 2.55 bits per heavy atom. The molecule has 0 spiro atoms. The molecular weight excluding hydrogens is 370 g/mol. The van der Waals surface area contributed by atoms with Crippen LogP contribution in [0.3, 0.4) is 0 Å². The minimum Gasteiger partial charge on any atom is -0.495 e. The Kier molecular flexibility index (Phi) is 4.84. The summed E-state index contributed by atoms with van der Waals surface area (Å²) in [6, 6.07) is 13.1. The normalized spacial score (nSPS) is 11.1. The molecule has 1 amide bonds. The quantitative estimate of drug-likeness (QED) is 0.453. The summed E-state index contributed by atoms with van der Waals surface area (Å²) < 4.78 is 16.9. The number of carbonyl (C=O) groups excluding carboxylic acids is 2. The zero-order chi connectivity index (χ0) is 20.5. The third-order valence-corrected chi connectivity index (χ3v) is 4.92. The Morgan fingerprint density at radius 1 is 1.03 bits per heavy atom.